The zero-order chi connectivity index (χ0) is 18.9. The lowest BCUT2D eigenvalue weighted by molar-refractivity contribution is -0.140. The fraction of sp³-hybridized carbons (Fsp3) is 0.308. The largest absolute Gasteiger partial charge is 0.398 e. The first-order chi connectivity index (χ1) is 11.4. The average Bonchev–Trinajstić information content (AvgIpc) is 2.82. The summed E-state index contributed by atoms with van der Waals surface area (Å²) in [6.45, 7) is 0.0951. The molecule has 1 aromatic carbocycles. The molecule has 6 nitrogen and oxygen atoms in total. The highest BCUT2D eigenvalue weighted by Crippen LogP contribution is 2.55. The molecule has 1 aromatic rings. The van der Waals surface area contributed by atoms with Gasteiger partial charge < -0.3 is 10.6 Å². The first-order valence-electron chi connectivity index (χ1n) is 8.11. The zero-order valence-electron chi connectivity index (χ0n) is 15.0. The molecule has 2 aliphatic rings. The number of imide groups is 1. The van der Waals surface area contributed by atoms with Gasteiger partial charge in [-0.3, -0.25) is 19.7 Å². The number of anilines is 1. The molecule has 25 heavy (non-hydrogen) atoms. The second-order valence-electron chi connectivity index (χ2n) is 8.02. The van der Waals surface area contributed by atoms with E-state index < -0.39 is 33.5 Å². The maximum absolute atomic E-state index is 13.7. The first kappa shape index (κ1) is 17.7. The van der Waals surface area contributed by atoms with Crippen LogP contribution in [0.4, 0.5) is 10.1 Å². The van der Waals surface area contributed by atoms with E-state index in [-0.39, 0.29) is 23.7 Å². The SMILES string of the molecule is BC1(B)C(=O)NC(=O)C(B)(N2Cc3c(N)cc(F)cc3C2=O)C1(B)B. The molecule has 0 radical (unpaired) electrons. The number of rotatable bonds is 1. The highest BCUT2D eigenvalue weighted by molar-refractivity contribution is 6.66. The van der Waals surface area contributed by atoms with Crippen LogP contribution >= 0.6 is 0 Å². The van der Waals surface area contributed by atoms with E-state index in [0.29, 0.717) is 5.56 Å². The molecule has 2 aliphatic heterocycles. The standard InChI is InChI=1S/C13H17B5FN3O3/c14-11(15)9(24)21-10(25)12(16,13(11,17)18)22-3-6-5(8(22)23)1-4(19)2-7(6)20/h1-2H,3,14-18,20H2,(H,21,24,25). The number of nitrogen functional groups attached to an aromatic ring is 1. The van der Waals surface area contributed by atoms with E-state index in [1.807, 2.05) is 0 Å². The van der Waals surface area contributed by atoms with Crippen molar-refractivity contribution in [2.45, 2.75) is 22.4 Å². The van der Waals surface area contributed by atoms with Crippen LogP contribution in [0.15, 0.2) is 12.1 Å². The number of piperidine rings is 1. The molecule has 3 rings (SSSR count). The Labute approximate surface area is 149 Å². The molecule has 124 valence electrons. The van der Waals surface area contributed by atoms with Crippen LogP contribution in [0, 0.1) is 5.82 Å². The summed E-state index contributed by atoms with van der Waals surface area (Å²) in [6.07, 6.45) is 0. The Morgan fingerprint density at radius 3 is 2.28 bits per heavy atom. The van der Waals surface area contributed by atoms with E-state index >= 15 is 0 Å². The quantitative estimate of drug-likeness (QED) is 0.306. The van der Waals surface area contributed by atoms with Crippen molar-refractivity contribution < 1.29 is 18.8 Å². The molecule has 12 heteroatoms. The Bertz CT molecular complexity index is 846. The molecular weight excluding hydrogens is 319 g/mol. The van der Waals surface area contributed by atoms with Crippen molar-refractivity contribution in [2.24, 2.45) is 0 Å². The van der Waals surface area contributed by atoms with Crippen LogP contribution in [0.2, 0.25) is 10.4 Å². The molecule has 0 aromatic heterocycles. The van der Waals surface area contributed by atoms with Gasteiger partial charge in [-0.2, -0.15) is 0 Å². The van der Waals surface area contributed by atoms with Gasteiger partial charge in [0.2, 0.25) is 11.8 Å². The van der Waals surface area contributed by atoms with Crippen LogP contribution in [-0.2, 0) is 16.1 Å². The van der Waals surface area contributed by atoms with Gasteiger partial charge in [-0.15, -0.1) is 0 Å². The number of nitrogens with zero attached hydrogens (tertiary/aromatic N) is 1. The summed E-state index contributed by atoms with van der Waals surface area (Å²) >= 11 is 0. The van der Waals surface area contributed by atoms with Gasteiger partial charge in [-0.1, -0.05) is 5.21 Å². The molecule has 0 aliphatic carbocycles. The molecule has 0 bridgehead atoms. The lowest BCUT2D eigenvalue weighted by atomic mass is 9.21. The number of nitrogens with two attached hydrogens (primary N) is 1. The predicted molar refractivity (Wildman–Crippen MR) is 105 cm³/mol. The molecule has 2 heterocycles. The van der Waals surface area contributed by atoms with Gasteiger partial charge in [-0.25, -0.2) is 4.39 Å². The first-order valence-corrected chi connectivity index (χ1v) is 8.11. The van der Waals surface area contributed by atoms with E-state index in [4.69, 9.17) is 5.73 Å². The summed E-state index contributed by atoms with van der Waals surface area (Å²) < 4.78 is 13.7. The Kier molecular flexibility index (Phi) is 3.51. The molecule has 3 amide bonds. The normalized spacial score (nSPS) is 27.1. The molecule has 1 saturated heterocycles. The number of hydrogen-bond acceptors (Lipinski definition) is 4. The Morgan fingerprint density at radius 2 is 1.68 bits per heavy atom. The van der Waals surface area contributed by atoms with Gasteiger partial charge in [-0.05, 0) is 17.3 Å². The Morgan fingerprint density at radius 1 is 1.08 bits per heavy atom. The van der Waals surface area contributed by atoms with E-state index in [0.717, 1.165) is 12.1 Å². The molecule has 1 atom stereocenters. The van der Waals surface area contributed by atoms with Crippen molar-refractivity contribution in [3.05, 3.63) is 29.1 Å². The van der Waals surface area contributed by atoms with E-state index in [1.165, 1.54) is 4.90 Å². The smallest absolute Gasteiger partial charge is 0.254 e. The van der Waals surface area contributed by atoms with Crippen molar-refractivity contribution in [1.82, 2.24) is 10.2 Å². The van der Waals surface area contributed by atoms with Crippen molar-refractivity contribution in [3.8, 4) is 0 Å². The summed E-state index contributed by atoms with van der Waals surface area (Å²) in [5.74, 6) is -1.98. The van der Waals surface area contributed by atoms with Gasteiger partial charge in [0.05, 0.1) is 5.44 Å². The summed E-state index contributed by atoms with van der Waals surface area (Å²) in [5, 5.41) is 0.617. The van der Waals surface area contributed by atoms with Crippen molar-refractivity contribution in [2.75, 3.05) is 5.73 Å². The minimum Gasteiger partial charge on any atom is -0.398 e. The van der Waals surface area contributed by atoms with Crippen molar-refractivity contribution in [1.29, 1.82) is 0 Å². The number of fused-ring (bicyclic) bond motifs is 1. The second-order valence-corrected chi connectivity index (χ2v) is 8.02. The summed E-state index contributed by atoms with van der Waals surface area (Å²) in [7, 11) is 8.73. The minimum atomic E-state index is -1.30. The molecule has 0 saturated carbocycles. The summed E-state index contributed by atoms with van der Waals surface area (Å²) in [4.78, 5) is 39.5. The number of carbonyl (C=O) groups excluding carboxylic acids is 3. The fourth-order valence-corrected chi connectivity index (χ4v) is 3.78. The van der Waals surface area contributed by atoms with Crippen LogP contribution < -0.4 is 11.1 Å². The number of halogens is 1. The maximum atomic E-state index is 13.7. The van der Waals surface area contributed by atoms with Gasteiger partial charge >= 0.3 is 0 Å². The second kappa shape index (κ2) is 4.96. The number of nitrogens with one attached hydrogen (secondary N) is 1. The van der Waals surface area contributed by atoms with Crippen LogP contribution in [-0.4, -0.2) is 67.3 Å². The van der Waals surface area contributed by atoms with Crippen molar-refractivity contribution in [3.63, 3.8) is 0 Å². The van der Waals surface area contributed by atoms with Crippen LogP contribution in [0.5, 0.6) is 0 Å². The van der Waals surface area contributed by atoms with Gasteiger partial charge in [0.15, 0.2) is 0 Å². The highest BCUT2D eigenvalue weighted by atomic mass is 19.1. The molecule has 1 unspecified atom stereocenters. The third kappa shape index (κ3) is 1.99. The van der Waals surface area contributed by atoms with E-state index in [2.05, 4.69) is 5.32 Å². The van der Waals surface area contributed by atoms with Crippen LogP contribution in [0.1, 0.15) is 15.9 Å². The van der Waals surface area contributed by atoms with E-state index in [9.17, 15) is 18.8 Å². The lowest BCUT2D eigenvalue weighted by Gasteiger charge is -2.59. The third-order valence-electron chi connectivity index (χ3n) is 6.60. The Hall–Kier alpha value is -2.12. The average molecular weight is 336 g/mol. The predicted octanol–water partition coefficient (Wildman–Crippen LogP) is -4.89. The third-order valence-corrected chi connectivity index (χ3v) is 6.60. The molecule has 0 spiro atoms. The summed E-state index contributed by atoms with van der Waals surface area (Å²) in [5.41, 5.74) is 5.42. The number of carbonyl (C=O) groups is 3. The molecule has 1 fully saturated rings. The number of amides is 3. The fourth-order valence-electron chi connectivity index (χ4n) is 3.78. The van der Waals surface area contributed by atoms with Gasteiger partial charge in [0.25, 0.3) is 5.91 Å². The zero-order valence-corrected chi connectivity index (χ0v) is 15.0. The highest BCUT2D eigenvalue weighted by Gasteiger charge is 2.64. The Balaban J connectivity index is 2.16. The van der Waals surface area contributed by atoms with Crippen molar-refractivity contribution >= 4 is 62.6 Å². The maximum Gasteiger partial charge on any atom is 0.254 e. The monoisotopic (exact) mass is 337 g/mol. The molecular formula is C13H17B5FN3O3. The van der Waals surface area contributed by atoms with Crippen LogP contribution in [0.3, 0.4) is 0 Å². The van der Waals surface area contributed by atoms with Gasteiger partial charge in [0, 0.05) is 23.4 Å². The van der Waals surface area contributed by atoms with E-state index in [1.54, 1.807) is 39.2 Å². The summed E-state index contributed by atoms with van der Waals surface area (Å²) in [6, 6.07) is 2.30. The topological polar surface area (TPSA) is 92.5 Å². The lowest BCUT2D eigenvalue weighted by Crippen LogP contribution is -2.75. The molecule has 3 N–H and O–H groups in total. The van der Waals surface area contributed by atoms with Gasteiger partial charge in [0.1, 0.15) is 45.0 Å². The number of benzene rings is 1. The van der Waals surface area contributed by atoms with Crippen LogP contribution in [0.25, 0.3) is 0 Å². The number of hydrogen-bond donors (Lipinski definition) is 2. The minimum absolute atomic E-state index is 0.0951.